The predicted octanol–water partition coefficient (Wildman–Crippen LogP) is 5.43. The fourth-order valence-corrected chi connectivity index (χ4v) is 3.10. The Hall–Kier alpha value is -3.27. The maximum Gasteiger partial charge on any atom is 0.198 e. The Balaban J connectivity index is 1.81. The smallest absolute Gasteiger partial charge is 0.198 e. The van der Waals surface area contributed by atoms with E-state index in [1.54, 1.807) is 0 Å². The molecule has 3 aromatic carbocycles. The highest BCUT2D eigenvalue weighted by atomic mass is 15.2. The van der Waals surface area contributed by atoms with E-state index in [1.165, 1.54) is 5.56 Å². The van der Waals surface area contributed by atoms with Gasteiger partial charge in [0.25, 0.3) is 0 Å². The van der Waals surface area contributed by atoms with E-state index in [0.717, 1.165) is 22.0 Å². The van der Waals surface area contributed by atoms with E-state index in [0.29, 0.717) is 17.5 Å². The summed E-state index contributed by atoms with van der Waals surface area (Å²) in [7, 11) is 0. The van der Waals surface area contributed by atoms with Gasteiger partial charge in [-0.15, -0.1) is 0 Å². The number of nitrogens with one attached hydrogen (secondary N) is 1. The number of aliphatic imine (C=N–C) groups is 3. The highest BCUT2D eigenvalue weighted by Gasteiger charge is 2.23. The van der Waals surface area contributed by atoms with Crippen LogP contribution in [0.1, 0.15) is 31.9 Å². The predicted molar refractivity (Wildman–Crippen MR) is 119 cm³/mol. The molecule has 4 nitrogen and oxygen atoms in total. The molecule has 1 heterocycles. The third-order valence-electron chi connectivity index (χ3n) is 4.44. The molecule has 0 atom stereocenters. The van der Waals surface area contributed by atoms with Gasteiger partial charge < -0.3 is 5.32 Å². The van der Waals surface area contributed by atoms with E-state index in [9.17, 15) is 0 Å². The van der Waals surface area contributed by atoms with Crippen LogP contribution in [0, 0.1) is 6.92 Å². The normalized spacial score (nSPS) is 15.6. The van der Waals surface area contributed by atoms with Gasteiger partial charge in [0.05, 0.1) is 5.69 Å². The molecule has 0 radical (unpaired) electrons. The van der Waals surface area contributed by atoms with Crippen LogP contribution in [0.25, 0.3) is 10.8 Å². The maximum atomic E-state index is 4.88. The summed E-state index contributed by atoms with van der Waals surface area (Å²) < 4.78 is 0. The molecule has 0 aromatic heterocycles. The highest BCUT2D eigenvalue weighted by molar-refractivity contribution is 6.48. The molecule has 1 aliphatic heterocycles. The van der Waals surface area contributed by atoms with Gasteiger partial charge in [0.2, 0.25) is 0 Å². The number of nitrogens with zero attached hydrogens (tertiary/aromatic N) is 3. The minimum Gasteiger partial charge on any atom is -0.362 e. The van der Waals surface area contributed by atoms with Crippen LogP contribution in [0.2, 0.25) is 0 Å². The van der Waals surface area contributed by atoms with Crippen molar-refractivity contribution in [2.24, 2.45) is 15.0 Å². The minimum absolute atomic E-state index is 0.142. The number of rotatable bonds is 2. The van der Waals surface area contributed by atoms with E-state index >= 15 is 0 Å². The molecule has 0 unspecified atom stereocenters. The van der Waals surface area contributed by atoms with Crippen molar-refractivity contribution >= 4 is 34.0 Å². The molecule has 4 rings (SSSR count). The van der Waals surface area contributed by atoms with Crippen LogP contribution in [-0.2, 0) is 0 Å². The van der Waals surface area contributed by atoms with Crippen LogP contribution in [0.15, 0.2) is 81.7 Å². The van der Waals surface area contributed by atoms with Gasteiger partial charge in [-0.05, 0) is 39.1 Å². The van der Waals surface area contributed by atoms with Crippen molar-refractivity contribution in [1.82, 2.24) is 5.32 Å². The second-order valence-corrected chi connectivity index (χ2v) is 8.07. The molecule has 3 aromatic rings. The zero-order chi connectivity index (χ0) is 19.7. The lowest BCUT2D eigenvalue weighted by atomic mass is 10.1. The van der Waals surface area contributed by atoms with Gasteiger partial charge in [-0.3, -0.25) is 0 Å². The Morgan fingerprint density at radius 3 is 2.29 bits per heavy atom. The molecule has 1 N–H and O–H groups in total. The van der Waals surface area contributed by atoms with Gasteiger partial charge in [0.15, 0.2) is 17.5 Å². The van der Waals surface area contributed by atoms with Crippen LogP contribution in [0.3, 0.4) is 0 Å². The Kier molecular flexibility index (Phi) is 4.55. The molecule has 0 saturated heterocycles. The van der Waals surface area contributed by atoms with Gasteiger partial charge in [0, 0.05) is 16.5 Å². The summed E-state index contributed by atoms with van der Waals surface area (Å²) in [6, 6.07) is 22.6. The topological polar surface area (TPSA) is 49.1 Å². The molecule has 0 saturated carbocycles. The Morgan fingerprint density at radius 1 is 0.821 bits per heavy atom. The molecule has 28 heavy (non-hydrogen) atoms. The number of hydrogen-bond donors (Lipinski definition) is 1. The summed E-state index contributed by atoms with van der Waals surface area (Å²) in [6.07, 6.45) is 0. The van der Waals surface area contributed by atoms with Crippen LogP contribution < -0.4 is 5.32 Å². The second-order valence-electron chi connectivity index (χ2n) is 8.07. The summed E-state index contributed by atoms with van der Waals surface area (Å²) in [5.41, 5.74) is 2.95. The Bertz CT molecular complexity index is 1110. The number of fused-ring (bicyclic) bond motifs is 1. The first-order valence-corrected chi connectivity index (χ1v) is 9.48. The molecule has 0 bridgehead atoms. The first-order chi connectivity index (χ1) is 13.4. The molecule has 140 valence electrons. The molecule has 0 fully saturated rings. The summed E-state index contributed by atoms with van der Waals surface area (Å²) in [4.78, 5) is 14.4. The minimum atomic E-state index is -0.142. The molecular weight excluding hydrogens is 344 g/mol. The average molecular weight is 368 g/mol. The Morgan fingerprint density at radius 2 is 1.54 bits per heavy atom. The first kappa shape index (κ1) is 18.1. The monoisotopic (exact) mass is 368 g/mol. The number of hydrogen-bond acceptors (Lipinski definition) is 3. The highest BCUT2D eigenvalue weighted by Crippen LogP contribution is 2.26. The summed E-state index contributed by atoms with van der Waals surface area (Å²) >= 11 is 0. The molecule has 4 heteroatoms. The van der Waals surface area contributed by atoms with Crippen molar-refractivity contribution in [2.75, 3.05) is 0 Å². The fourth-order valence-electron chi connectivity index (χ4n) is 3.10. The summed E-state index contributed by atoms with van der Waals surface area (Å²) in [6.45, 7) is 8.39. The SMILES string of the molecule is Cc1ccc(C2=N/C(=N\c3cccc4ccccc34)C(NC(C)(C)C)=N2)cc1. The molecular formula is C24H24N4. The molecule has 0 aliphatic carbocycles. The van der Waals surface area contributed by atoms with Gasteiger partial charge in [0.1, 0.15) is 0 Å². The van der Waals surface area contributed by atoms with Gasteiger partial charge in [-0.1, -0.05) is 66.2 Å². The lowest BCUT2D eigenvalue weighted by Crippen LogP contribution is -2.43. The number of aryl methyl sites for hydroxylation is 1. The third kappa shape index (κ3) is 3.86. The number of benzene rings is 3. The van der Waals surface area contributed by atoms with Gasteiger partial charge in [-0.25, -0.2) is 15.0 Å². The van der Waals surface area contributed by atoms with Crippen molar-refractivity contribution in [3.05, 3.63) is 77.9 Å². The molecule has 0 amide bonds. The van der Waals surface area contributed by atoms with Gasteiger partial charge >= 0.3 is 0 Å². The maximum absolute atomic E-state index is 4.88. The van der Waals surface area contributed by atoms with E-state index in [2.05, 4.69) is 63.3 Å². The molecule has 1 aliphatic rings. The summed E-state index contributed by atoms with van der Waals surface area (Å²) in [5, 5.41) is 5.72. The van der Waals surface area contributed by atoms with E-state index in [-0.39, 0.29) is 5.54 Å². The second kappa shape index (κ2) is 7.04. The third-order valence-corrected chi connectivity index (χ3v) is 4.44. The van der Waals surface area contributed by atoms with E-state index in [4.69, 9.17) is 15.0 Å². The fraction of sp³-hybridized carbons (Fsp3) is 0.208. The standard InChI is InChI=1S/C24H24N4/c1-16-12-14-18(15-13-16)21-26-22(23(27-21)28-24(2,3)4)25-20-11-7-9-17-8-5-6-10-19(17)20/h5-15H,1-4H3,(H,25,26,27,28). The zero-order valence-electron chi connectivity index (χ0n) is 16.7. The van der Waals surface area contributed by atoms with Crippen LogP contribution >= 0.6 is 0 Å². The van der Waals surface area contributed by atoms with Crippen molar-refractivity contribution in [3.8, 4) is 0 Å². The van der Waals surface area contributed by atoms with Crippen LogP contribution in [-0.4, -0.2) is 23.0 Å². The lowest BCUT2D eigenvalue weighted by molar-refractivity contribution is 0.514. The van der Waals surface area contributed by atoms with E-state index in [1.807, 2.05) is 36.4 Å². The quantitative estimate of drug-likeness (QED) is 0.644. The van der Waals surface area contributed by atoms with Crippen molar-refractivity contribution in [2.45, 2.75) is 33.2 Å². The van der Waals surface area contributed by atoms with Gasteiger partial charge in [-0.2, -0.15) is 0 Å². The Labute approximate surface area is 165 Å². The lowest BCUT2D eigenvalue weighted by Gasteiger charge is -2.21. The van der Waals surface area contributed by atoms with E-state index < -0.39 is 0 Å². The zero-order valence-corrected chi connectivity index (χ0v) is 16.7. The molecule has 0 spiro atoms. The van der Waals surface area contributed by atoms with Crippen molar-refractivity contribution in [1.29, 1.82) is 0 Å². The van der Waals surface area contributed by atoms with Crippen molar-refractivity contribution in [3.63, 3.8) is 0 Å². The van der Waals surface area contributed by atoms with Crippen molar-refractivity contribution < 1.29 is 0 Å². The average Bonchev–Trinajstić information content (AvgIpc) is 3.03. The number of amidine groups is 3. The summed E-state index contributed by atoms with van der Waals surface area (Å²) in [5.74, 6) is 2.00. The largest absolute Gasteiger partial charge is 0.362 e. The first-order valence-electron chi connectivity index (χ1n) is 9.48. The van der Waals surface area contributed by atoms with Crippen LogP contribution in [0.4, 0.5) is 5.69 Å². The van der Waals surface area contributed by atoms with Crippen LogP contribution in [0.5, 0.6) is 0 Å².